The number of rotatable bonds is 4. The number of phenols is 1. The van der Waals surface area contributed by atoms with E-state index in [1.54, 1.807) is 12.1 Å². The van der Waals surface area contributed by atoms with Gasteiger partial charge in [0.1, 0.15) is 5.75 Å². The number of fused-ring (bicyclic) bond motifs is 3. The Hall–Kier alpha value is -4.88. The van der Waals surface area contributed by atoms with Crippen molar-refractivity contribution in [3.63, 3.8) is 0 Å². The maximum Gasteiger partial charge on any atom is 0.122 e. The highest BCUT2D eigenvalue weighted by Gasteiger charge is 2.19. The van der Waals surface area contributed by atoms with Gasteiger partial charge in [0.15, 0.2) is 0 Å². The van der Waals surface area contributed by atoms with E-state index in [9.17, 15) is 5.11 Å². The van der Waals surface area contributed by atoms with Crippen molar-refractivity contribution in [2.75, 3.05) is 0 Å². The van der Waals surface area contributed by atoms with E-state index in [2.05, 4.69) is 116 Å². The molecule has 1 heteroatoms. The lowest BCUT2D eigenvalue weighted by Gasteiger charge is -2.23. The fourth-order valence-electron chi connectivity index (χ4n) is 6.16. The molecule has 2 aliphatic rings. The minimum absolute atomic E-state index is 0.245. The SMILES string of the molecule is C=Cc1cc(-c2c3ccccc3c(-c3ccc(C4=CC=C5C=CC=CC5C4)cc3)c3ccccc23)ccc1O. The van der Waals surface area contributed by atoms with E-state index in [1.807, 2.05) is 12.1 Å². The van der Waals surface area contributed by atoms with Crippen LogP contribution in [0.2, 0.25) is 0 Å². The van der Waals surface area contributed by atoms with Crippen molar-refractivity contribution in [1.82, 2.24) is 0 Å². The Labute approximate surface area is 229 Å². The summed E-state index contributed by atoms with van der Waals surface area (Å²) >= 11 is 0. The van der Waals surface area contributed by atoms with Crippen LogP contribution in [0.15, 0.2) is 140 Å². The van der Waals surface area contributed by atoms with Crippen LogP contribution in [-0.2, 0) is 0 Å². The van der Waals surface area contributed by atoms with Crippen LogP contribution in [0.5, 0.6) is 5.75 Å². The molecular formula is C38H28O. The molecule has 0 amide bonds. The number of allylic oxidation sites excluding steroid dienone is 8. The zero-order chi connectivity index (χ0) is 26.3. The van der Waals surface area contributed by atoms with Crippen molar-refractivity contribution in [2.24, 2.45) is 5.92 Å². The summed E-state index contributed by atoms with van der Waals surface area (Å²) in [7, 11) is 0. The third-order valence-corrected chi connectivity index (χ3v) is 8.10. The van der Waals surface area contributed by atoms with Crippen LogP contribution in [0.3, 0.4) is 0 Å². The molecule has 0 aromatic heterocycles. The molecule has 0 saturated heterocycles. The summed E-state index contributed by atoms with van der Waals surface area (Å²) in [6, 6.07) is 32.2. The van der Waals surface area contributed by atoms with Crippen LogP contribution in [0.25, 0.3) is 55.4 Å². The number of hydrogen-bond acceptors (Lipinski definition) is 1. The van der Waals surface area contributed by atoms with Gasteiger partial charge in [-0.1, -0.05) is 128 Å². The molecule has 1 atom stereocenters. The molecule has 0 radical (unpaired) electrons. The van der Waals surface area contributed by atoms with Crippen molar-refractivity contribution in [2.45, 2.75) is 6.42 Å². The standard InChI is InChI=1S/C38H28O/c1-2-25-23-31(21-22-36(25)39)38-34-13-7-5-11-32(34)37(33-12-6-8-14-35(33)38)28-18-15-27(16-19-28)30-20-17-26-9-3-4-10-29(26)24-30/h2-23,29,39H,1,24H2. The van der Waals surface area contributed by atoms with E-state index in [4.69, 9.17) is 0 Å². The van der Waals surface area contributed by atoms with Gasteiger partial charge in [0.25, 0.3) is 0 Å². The monoisotopic (exact) mass is 500 g/mol. The lowest BCUT2D eigenvalue weighted by molar-refractivity contribution is 0.474. The molecule has 0 saturated carbocycles. The van der Waals surface area contributed by atoms with Gasteiger partial charge in [-0.25, -0.2) is 0 Å². The third-order valence-electron chi connectivity index (χ3n) is 8.10. The van der Waals surface area contributed by atoms with E-state index in [1.165, 1.54) is 54.9 Å². The van der Waals surface area contributed by atoms with Crippen molar-refractivity contribution >= 4 is 33.2 Å². The van der Waals surface area contributed by atoms with E-state index >= 15 is 0 Å². The van der Waals surface area contributed by atoms with Crippen LogP contribution in [0, 0.1) is 5.92 Å². The summed E-state index contributed by atoms with van der Waals surface area (Å²) in [4.78, 5) is 0. The van der Waals surface area contributed by atoms with E-state index in [-0.39, 0.29) is 5.75 Å². The van der Waals surface area contributed by atoms with Crippen molar-refractivity contribution in [3.8, 4) is 28.0 Å². The smallest absolute Gasteiger partial charge is 0.122 e. The van der Waals surface area contributed by atoms with E-state index in [0.717, 1.165) is 17.5 Å². The lowest BCUT2D eigenvalue weighted by Crippen LogP contribution is -2.06. The molecule has 1 unspecified atom stereocenters. The summed E-state index contributed by atoms with van der Waals surface area (Å²) < 4.78 is 0. The Morgan fingerprint density at radius 3 is 1.90 bits per heavy atom. The summed E-state index contributed by atoms with van der Waals surface area (Å²) in [5, 5.41) is 15.1. The maximum absolute atomic E-state index is 10.3. The number of hydrogen-bond donors (Lipinski definition) is 1. The summed E-state index contributed by atoms with van der Waals surface area (Å²) in [5.74, 6) is 0.714. The zero-order valence-corrected chi connectivity index (χ0v) is 21.6. The minimum Gasteiger partial charge on any atom is -0.507 e. The molecule has 39 heavy (non-hydrogen) atoms. The predicted octanol–water partition coefficient (Wildman–Crippen LogP) is 10.1. The molecule has 7 rings (SSSR count). The van der Waals surface area contributed by atoms with E-state index in [0.29, 0.717) is 5.92 Å². The van der Waals surface area contributed by atoms with E-state index < -0.39 is 0 Å². The quantitative estimate of drug-likeness (QED) is 0.243. The second-order valence-electron chi connectivity index (χ2n) is 10.3. The molecule has 1 N–H and O–H groups in total. The van der Waals surface area contributed by atoms with Gasteiger partial charge in [-0.3, -0.25) is 0 Å². The number of phenolic OH excluding ortho intramolecular Hbond substituents is 1. The normalized spacial score (nSPS) is 16.2. The predicted molar refractivity (Wildman–Crippen MR) is 167 cm³/mol. The summed E-state index contributed by atoms with van der Waals surface area (Å²) in [5.41, 5.74) is 9.50. The first-order chi connectivity index (χ1) is 19.2. The Morgan fingerprint density at radius 2 is 1.26 bits per heavy atom. The zero-order valence-electron chi connectivity index (χ0n) is 21.6. The summed E-state index contributed by atoms with van der Waals surface area (Å²) in [6.45, 7) is 3.89. The molecule has 0 fully saturated rings. The first-order valence-corrected chi connectivity index (χ1v) is 13.5. The average Bonchev–Trinajstić information content (AvgIpc) is 3.00. The molecule has 0 spiro atoms. The number of aromatic hydroxyl groups is 1. The lowest BCUT2D eigenvalue weighted by atomic mass is 9.82. The molecular weight excluding hydrogens is 472 g/mol. The van der Waals surface area contributed by atoms with Gasteiger partial charge in [0.2, 0.25) is 0 Å². The molecule has 2 aliphatic carbocycles. The van der Waals surface area contributed by atoms with Crippen molar-refractivity contribution < 1.29 is 5.11 Å². The number of benzene rings is 5. The Balaban J connectivity index is 1.40. The highest BCUT2D eigenvalue weighted by Crippen LogP contribution is 2.44. The summed E-state index contributed by atoms with van der Waals surface area (Å²) in [6.07, 6.45) is 16.1. The fraction of sp³-hybridized carbons (Fsp3) is 0.0526. The second kappa shape index (κ2) is 9.45. The topological polar surface area (TPSA) is 20.2 Å². The molecule has 186 valence electrons. The van der Waals surface area contributed by atoms with Gasteiger partial charge in [0.05, 0.1) is 0 Å². The Bertz CT molecular complexity index is 1840. The van der Waals surface area contributed by atoms with Crippen LogP contribution >= 0.6 is 0 Å². The first kappa shape index (κ1) is 23.3. The highest BCUT2D eigenvalue weighted by molar-refractivity contribution is 6.21. The van der Waals surface area contributed by atoms with Crippen LogP contribution in [-0.4, -0.2) is 5.11 Å². The van der Waals surface area contributed by atoms with Gasteiger partial charge < -0.3 is 5.11 Å². The van der Waals surface area contributed by atoms with Gasteiger partial charge in [-0.2, -0.15) is 0 Å². The Kier molecular flexibility index (Phi) is 5.64. The average molecular weight is 501 g/mol. The van der Waals surface area contributed by atoms with Crippen molar-refractivity contribution in [3.05, 3.63) is 151 Å². The fourth-order valence-corrected chi connectivity index (χ4v) is 6.16. The van der Waals surface area contributed by atoms with Gasteiger partial charge in [-0.15, -0.1) is 0 Å². The van der Waals surface area contributed by atoms with Crippen LogP contribution in [0.4, 0.5) is 0 Å². The van der Waals surface area contributed by atoms with Gasteiger partial charge in [0, 0.05) is 11.5 Å². The largest absolute Gasteiger partial charge is 0.507 e. The molecule has 0 heterocycles. The highest BCUT2D eigenvalue weighted by atomic mass is 16.3. The van der Waals surface area contributed by atoms with Gasteiger partial charge in [-0.05, 0) is 79.1 Å². The second-order valence-corrected chi connectivity index (χ2v) is 10.3. The molecule has 1 nitrogen and oxygen atoms in total. The third kappa shape index (κ3) is 3.95. The maximum atomic E-state index is 10.3. The first-order valence-electron chi connectivity index (χ1n) is 13.5. The molecule has 0 aliphatic heterocycles. The minimum atomic E-state index is 0.245. The van der Waals surface area contributed by atoms with Gasteiger partial charge >= 0.3 is 0 Å². The molecule has 0 bridgehead atoms. The van der Waals surface area contributed by atoms with Crippen LogP contribution in [0.1, 0.15) is 17.5 Å². The molecule has 5 aromatic rings. The molecule has 5 aromatic carbocycles. The van der Waals surface area contributed by atoms with Crippen LogP contribution < -0.4 is 0 Å². The van der Waals surface area contributed by atoms with Crippen molar-refractivity contribution in [1.29, 1.82) is 0 Å². The Morgan fingerprint density at radius 1 is 0.667 bits per heavy atom.